The third-order valence-electron chi connectivity index (χ3n) is 3.38. The standard InChI is InChI=1S/C12H14BrNO/c13-9-6-7-4-5-15-12(7)8-2-1-3-10(14)11(8)9/h6,10H,1-5,14H2. The third-order valence-corrected chi connectivity index (χ3v) is 4.04. The zero-order chi connectivity index (χ0) is 10.4. The van der Waals surface area contributed by atoms with Gasteiger partial charge < -0.3 is 10.5 Å². The lowest BCUT2D eigenvalue weighted by molar-refractivity contribution is 0.350. The van der Waals surface area contributed by atoms with Crippen molar-refractivity contribution in [2.75, 3.05) is 6.61 Å². The van der Waals surface area contributed by atoms with Crippen LogP contribution >= 0.6 is 15.9 Å². The van der Waals surface area contributed by atoms with Gasteiger partial charge in [0.15, 0.2) is 0 Å². The van der Waals surface area contributed by atoms with Gasteiger partial charge in [-0.05, 0) is 36.5 Å². The van der Waals surface area contributed by atoms with E-state index < -0.39 is 0 Å². The minimum Gasteiger partial charge on any atom is -0.493 e. The monoisotopic (exact) mass is 267 g/mol. The van der Waals surface area contributed by atoms with Gasteiger partial charge in [0, 0.05) is 22.5 Å². The highest BCUT2D eigenvalue weighted by molar-refractivity contribution is 9.10. The lowest BCUT2D eigenvalue weighted by Gasteiger charge is -2.25. The molecule has 0 radical (unpaired) electrons. The Morgan fingerprint density at radius 3 is 3.13 bits per heavy atom. The number of hydrogen-bond acceptors (Lipinski definition) is 2. The van der Waals surface area contributed by atoms with E-state index in [0.717, 1.165) is 31.6 Å². The van der Waals surface area contributed by atoms with Crippen LogP contribution in [0.3, 0.4) is 0 Å². The SMILES string of the molecule is NC1CCCc2c3c(cc(Br)c21)CCO3. The Balaban J connectivity index is 2.24. The smallest absolute Gasteiger partial charge is 0.126 e. The van der Waals surface area contributed by atoms with Crippen molar-refractivity contribution in [3.05, 3.63) is 27.2 Å². The van der Waals surface area contributed by atoms with Crippen molar-refractivity contribution in [2.24, 2.45) is 5.73 Å². The molecule has 0 spiro atoms. The van der Waals surface area contributed by atoms with Crippen LogP contribution in [0.15, 0.2) is 10.5 Å². The van der Waals surface area contributed by atoms with E-state index in [-0.39, 0.29) is 6.04 Å². The molecule has 2 N–H and O–H groups in total. The molecule has 2 nitrogen and oxygen atoms in total. The predicted octanol–water partition coefficient (Wildman–Crippen LogP) is 2.72. The normalized spacial score (nSPS) is 23.2. The van der Waals surface area contributed by atoms with E-state index in [0.29, 0.717) is 0 Å². The molecular formula is C12H14BrNO. The van der Waals surface area contributed by atoms with Crippen LogP contribution in [0.4, 0.5) is 0 Å². The highest BCUT2D eigenvalue weighted by Crippen LogP contribution is 2.43. The van der Waals surface area contributed by atoms with E-state index in [1.807, 2.05) is 0 Å². The molecule has 0 fully saturated rings. The third kappa shape index (κ3) is 1.41. The molecule has 0 amide bonds. The zero-order valence-electron chi connectivity index (χ0n) is 8.55. The minimum absolute atomic E-state index is 0.178. The summed E-state index contributed by atoms with van der Waals surface area (Å²) >= 11 is 3.64. The molecule has 3 rings (SSSR count). The van der Waals surface area contributed by atoms with Crippen LogP contribution in [0, 0.1) is 0 Å². The van der Waals surface area contributed by atoms with Crippen molar-refractivity contribution in [2.45, 2.75) is 31.7 Å². The summed E-state index contributed by atoms with van der Waals surface area (Å²) in [4.78, 5) is 0. The van der Waals surface area contributed by atoms with E-state index in [2.05, 4.69) is 22.0 Å². The topological polar surface area (TPSA) is 35.2 Å². The van der Waals surface area contributed by atoms with Crippen molar-refractivity contribution < 1.29 is 4.74 Å². The summed E-state index contributed by atoms with van der Waals surface area (Å²) in [5.74, 6) is 1.13. The Hall–Kier alpha value is -0.540. The Bertz CT molecular complexity index is 417. The van der Waals surface area contributed by atoms with Crippen LogP contribution in [-0.2, 0) is 12.8 Å². The highest BCUT2D eigenvalue weighted by Gasteiger charge is 2.27. The maximum Gasteiger partial charge on any atom is 0.126 e. The Labute approximate surface area is 97.9 Å². The van der Waals surface area contributed by atoms with Gasteiger partial charge in [0.2, 0.25) is 0 Å². The average Bonchev–Trinajstić information content (AvgIpc) is 2.65. The molecule has 0 saturated heterocycles. The maximum absolute atomic E-state index is 6.16. The van der Waals surface area contributed by atoms with Crippen LogP contribution in [0.5, 0.6) is 5.75 Å². The molecule has 1 aromatic carbocycles. The van der Waals surface area contributed by atoms with Gasteiger partial charge in [0.05, 0.1) is 6.61 Å². The number of rotatable bonds is 0. The summed E-state index contributed by atoms with van der Waals surface area (Å²) < 4.78 is 6.90. The second kappa shape index (κ2) is 3.49. The number of ether oxygens (including phenoxy) is 1. The van der Waals surface area contributed by atoms with Crippen molar-refractivity contribution in [1.29, 1.82) is 0 Å². The molecule has 80 valence electrons. The van der Waals surface area contributed by atoms with Crippen LogP contribution in [0.2, 0.25) is 0 Å². The molecule has 0 aromatic heterocycles. The Kier molecular flexibility index (Phi) is 2.25. The first-order chi connectivity index (χ1) is 7.27. The molecule has 0 bridgehead atoms. The number of hydrogen-bond donors (Lipinski definition) is 1. The van der Waals surface area contributed by atoms with E-state index in [4.69, 9.17) is 10.5 Å². The molecule has 1 aromatic rings. The van der Waals surface area contributed by atoms with Gasteiger partial charge in [-0.1, -0.05) is 15.9 Å². The fraction of sp³-hybridized carbons (Fsp3) is 0.500. The first-order valence-corrected chi connectivity index (χ1v) is 6.29. The largest absolute Gasteiger partial charge is 0.493 e. The van der Waals surface area contributed by atoms with Gasteiger partial charge in [-0.3, -0.25) is 0 Å². The van der Waals surface area contributed by atoms with Crippen LogP contribution in [0.25, 0.3) is 0 Å². The number of benzene rings is 1. The fourth-order valence-corrected chi connectivity index (χ4v) is 3.49. The van der Waals surface area contributed by atoms with Gasteiger partial charge >= 0.3 is 0 Å². The summed E-state index contributed by atoms with van der Waals surface area (Å²) in [5.41, 5.74) is 10.1. The Morgan fingerprint density at radius 1 is 1.40 bits per heavy atom. The molecular weight excluding hydrogens is 254 g/mol. The molecule has 2 aliphatic rings. The van der Waals surface area contributed by atoms with Gasteiger partial charge in [-0.25, -0.2) is 0 Å². The number of nitrogens with two attached hydrogens (primary N) is 1. The van der Waals surface area contributed by atoms with E-state index >= 15 is 0 Å². The van der Waals surface area contributed by atoms with Crippen LogP contribution in [-0.4, -0.2) is 6.61 Å². The Morgan fingerprint density at radius 2 is 2.27 bits per heavy atom. The molecule has 1 unspecified atom stereocenters. The minimum atomic E-state index is 0.178. The fourth-order valence-electron chi connectivity index (χ4n) is 2.68. The second-order valence-corrected chi connectivity index (χ2v) is 5.19. The summed E-state index contributed by atoms with van der Waals surface area (Å²) in [6, 6.07) is 2.37. The van der Waals surface area contributed by atoms with Gasteiger partial charge in [-0.2, -0.15) is 0 Å². The van der Waals surface area contributed by atoms with Crippen molar-refractivity contribution >= 4 is 15.9 Å². The molecule has 1 aliphatic carbocycles. The molecule has 1 aliphatic heterocycles. The molecule has 1 atom stereocenters. The summed E-state index contributed by atoms with van der Waals surface area (Å²) in [6.45, 7) is 0.827. The van der Waals surface area contributed by atoms with Gasteiger partial charge in [-0.15, -0.1) is 0 Å². The van der Waals surface area contributed by atoms with Gasteiger partial charge in [0.25, 0.3) is 0 Å². The molecule has 1 heterocycles. The molecule has 0 saturated carbocycles. The molecule has 3 heteroatoms. The number of halogens is 1. The van der Waals surface area contributed by atoms with Crippen molar-refractivity contribution in [3.8, 4) is 5.75 Å². The maximum atomic E-state index is 6.16. The van der Waals surface area contributed by atoms with Crippen LogP contribution < -0.4 is 10.5 Å². The van der Waals surface area contributed by atoms with Gasteiger partial charge in [0.1, 0.15) is 5.75 Å². The van der Waals surface area contributed by atoms with E-state index in [1.165, 1.54) is 27.6 Å². The number of fused-ring (bicyclic) bond motifs is 3. The quantitative estimate of drug-likeness (QED) is 0.785. The lowest BCUT2D eigenvalue weighted by Crippen LogP contribution is -2.18. The summed E-state index contributed by atoms with van der Waals surface area (Å²) in [5, 5.41) is 0. The lowest BCUT2D eigenvalue weighted by atomic mass is 9.86. The van der Waals surface area contributed by atoms with E-state index in [1.54, 1.807) is 0 Å². The predicted molar refractivity (Wildman–Crippen MR) is 63.2 cm³/mol. The first kappa shape index (κ1) is 9.67. The second-order valence-electron chi connectivity index (χ2n) is 4.34. The molecule has 15 heavy (non-hydrogen) atoms. The van der Waals surface area contributed by atoms with Crippen molar-refractivity contribution in [1.82, 2.24) is 0 Å². The summed E-state index contributed by atoms with van der Waals surface area (Å²) in [6.07, 6.45) is 4.42. The van der Waals surface area contributed by atoms with E-state index in [9.17, 15) is 0 Å². The highest BCUT2D eigenvalue weighted by atomic mass is 79.9. The summed E-state index contributed by atoms with van der Waals surface area (Å²) in [7, 11) is 0. The zero-order valence-corrected chi connectivity index (χ0v) is 10.1. The van der Waals surface area contributed by atoms with Crippen LogP contribution in [0.1, 0.15) is 35.6 Å². The first-order valence-electron chi connectivity index (χ1n) is 5.50. The van der Waals surface area contributed by atoms with Crippen molar-refractivity contribution in [3.63, 3.8) is 0 Å². The average molecular weight is 268 g/mol.